The average molecular weight is 238 g/mol. The minimum atomic E-state index is 0.758. The van der Waals surface area contributed by atoms with Gasteiger partial charge >= 0.3 is 0 Å². The van der Waals surface area contributed by atoms with E-state index in [9.17, 15) is 0 Å². The van der Waals surface area contributed by atoms with Crippen molar-refractivity contribution in [1.82, 2.24) is 20.4 Å². The Kier molecular flexibility index (Phi) is 4.50. The van der Waals surface area contributed by atoms with Crippen LogP contribution in [-0.2, 0) is 13.0 Å². The molecule has 0 atom stereocenters. The third kappa shape index (κ3) is 3.51. The Hall–Kier alpha value is -0.940. The Balaban J connectivity index is 1.77. The molecule has 5 nitrogen and oxygen atoms in total. The van der Waals surface area contributed by atoms with E-state index in [1.807, 2.05) is 14.0 Å². The Labute approximate surface area is 103 Å². The summed E-state index contributed by atoms with van der Waals surface area (Å²) in [6, 6.07) is 0. The van der Waals surface area contributed by atoms with Crippen molar-refractivity contribution >= 4 is 0 Å². The molecule has 1 N–H and O–H groups in total. The van der Waals surface area contributed by atoms with E-state index in [4.69, 9.17) is 4.52 Å². The molecule has 0 bridgehead atoms. The molecular weight excluding hydrogens is 216 g/mol. The first-order valence-electron chi connectivity index (χ1n) is 6.50. The largest absolute Gasteiger partial charge is 0.338 e. The predicted molar refractivity (Wildman–Crippen MR) is 65.6 cm³/mol. The number of likely N-dealkylation sites (tertiary alicyclic amines) is 1. The number of aromatic nitrogens is 2. The quantitative estimate of drug-likeness (QED) is 0.831. The van der Waals surface area contributed by atoms with Crippen molar-refractivity contribution in [2.24, 2.45) is 5.92 Å². The van der Waals surface area contributed by atoms with Gasteiger partial charge in [-0.25, -0.2) is 0 Å². The first-order valence-corrected chi connectivity index (χ1v) is 6.50. The summed E-state index contributed by atoms with van der Waals surface area (Å²) in [7, 11) is 2.02. The standard InChI is InChI=1S/C12H22N4O/c1-3-11-14-12(17-15-11)9-16-6-4-10(5-7-16)8-13-2/h10,13H,3-9H2,1-2H3. The lowest BCUT2D eigenvalue weighted by Gasteiger charge is -2.30. The van der Waals surface area contributed by atoms with Crippen molar-refractivity contribution in [3.05, 3.63) is 11.7 Å². The summed E-state index contributed by atoms with van der Waals surface area (Å²) >= 11 is 0. The van der Waals surface area contributed by atoms with Crippen molar-refractivity contribution in [3.8, 4) is 0 Å². The van der Waals surface area contributed by atoms with E-state index in [1.54, 1.807) is 0 Å². The minimum absolute atomic E-state index is 0.758. The second-order valence-corrected chi connectivity index (χ2v) is 4.74. The SMILES string of the molecule is CCc1noc(CN2CCC(CNC)CC2)n1. The summed E-state index contributed by atoms with van der Waals surface area (Å²) < 4.78 is 5.22. The predicted octanol–water partition coefficient (Wildman–Crippen LogP) is 1.06. The zero-order valence-corrected chi connectivity index (χ0v) is 10.8. The van der Waals surface area contributed by atoms with Gasteiger partial charge in [0.2, 0.25) is 5.89 Å². The fraction of sp³-hybridized carbons (Fsp3) is 0.833. The third-order valence-corrected chi connectivity index (χ3v) is 3.39. The van der Waals surface area contributed by atoms with Crippen molar-refractivity contribution in [3.63, 3.8) is 0 Å². The number of rotatable bonds is 5. The molecule has 1 aromatic rings. The molecule has 17 heavy (non-hydrogen) atoms. The molecule has 1 fully saturated rings. The van der Waals surface area contributed by atoms with Gasteiger partial charge in [-0.1, -0.05) is 12.1 Å². The van der Waals surface area contributed by atoms with Crippen LogP contribution in [-0.4, -0.2) is 41.7 Å². The molecule has 0 amide bonds. The number of nitrogens with one attached hydrogen (secondary N) is 1. The van der Waals surface area contributed by atoms with E-state index in [2.05, 4.69) is 20.4 Å². The maximum atomic E-state index is 5.22. The van der Waals surface area contributed by atoms with Crippen LogP contribution in [0.15, 0.2) is 4.52 Å². The van der Waals surface area contributed by atoms with Crippen LogP contribution in [0.2, 0.25) is 0 Å². The van der Waals surface area contributed by atoms with Gasteiger partial charge in [-0.15, -0.1) is 0 Å². The van der Waals surface area contributed by atoms with Crippen molar-refractivity contribution in [1.29, 1.82) is 0 Å². The van der Waals surface area contributed by atoms with Gasteiger partial charge < -0.3 is 9.84 Å². The van der Waals surface area contributed by atoms with Crippen molar-refractivity contribution in [2.75, 3.05) is 26.7 Å². The number of hydrogen-bond acceptors (Lipinski definition) is 5. The van der Waals surface area contributed by atoms with Gasteiger partial charge in [0, 0.05) is 6.42 Å². The normalized spacial score (nSPS) is 18.7. The molecule has 1 saturated heterocycles. The zero-order valence-electron chi connectivity index (χ0n) is 10.8. The minimum Gasteiger partial charge on any atom is -0.338 e. The lowest BCUT2D eigenvalue weighted by molar-refractivity contribution is 0.158. The summed E-state index contributed by atoms with van der Waals surface area (Å²) in [6.45, 7) is 6.25. The van der Waals surface area contributed by atoms with Gasteiger partial charge in [-0.2, -0.15) is 4.98 Å². The van der Waals surface area contributed by atoms with E-state index in [1.165, 1.54) is 12.8 Å². The van der Waals surface area contributed by atoms with Crippen LogP contribution in [0.4, 0.5) is 0 Å². The van der Waals surface area contributed by atoms with Crippen LogP contribution < -0.4 is 5.32 Å². The monoisotopic (exact) mass is 238 g/mol. The maximum Gasteiger partial charge on any atom is 0.240 e. The highest BCUT2D eigenvalue weighted by Gasteiger charge is 2.20. The Bertz CT molecular complexity index is 331. The summed E-state index contributed by atoms with van der Waals surface area (Å²) in [5, 5.41) is 7.18. The molecule has 0 unspecified atom stereocenters. The fourth-order valence-electron chi connectivity index (χ4n) is 2.33. The second kappa shape index (κ2) is 6.12. The van der Waals surface area contributed by atoms with E-state index in [0.717, 1.165) is 50.2 Å². The highest BCUT2D eigenvalue weighted by Crippen LogP contribution is 2.17. The molecule has 0 aliphatic carbocycles. The molecule has 2 rings (SSSR count). The molecule has 1 aliphatic rings. The lowest BCUT2D eigenvalue weighted by atomic mass is 9.97. The topological polar surface area (TPSA) is 54.2 Å². The smallest absolute Gasteiger partial charge is 0.240 e. The van der Waals surface area contributed by atoms with E-state index in [0.29, 0.717) is 0 Å². The Morgan fingerprint density at radius 2 is 2.18 bits per heavy atom. The number of hydrogen-bond donors (Lipinski definition) is 1. The van der Waals surface area contributed by atoms with Gasteiger partial charge in [0.1, 0.15) is 0 Å². The lowest BCUT2D eigenvalue weighted by Crippen LogP contribution is -2.36. The van der Waals surface area contributed by atoms with Gasteiger partial charge in [-0.3, -0.25) is 4.90 Å². The molecule has 0 radical (unpaired) electrons. The number of nitrogens with zero attached hydrogens (tertiary/aromatic N) is 3. The van der Waals surface area contributed by atoms with Crippen LogP contribution in [0.1, 0.15) is 31.5 Å². The highest BCUT2D eigenvalue weighted by molar-refractivity contribution is 4.86. The molecule has 96 valence electrons. The van der Waals surface area contributed by atoms with Crippen LogP contribution in [0, 0.1) is 5.92 Å². The first kappa shape index (κ1) is 12.5. The van der Waals surface area contributed by atoms with E-state index < -0.39 is 0 Å². The van der Waals surface area contributed by atoms with Crippen molar-refractivity contribution in [2.45, 2.75) is 32.7 Å². The highest BCUT2D eigenvalue weighted by atomic mass is 16.5. The third-order valence-electron chi connectivity index (χ3n) is 3.39. The van der Waals surface area contributed by atoms with Crippen LogP contribution in [0.5, 0.6) is 0 Å². The van der Waals surface area contributed by atoms with Crippen molar-refractivity contribution < 1.29 is 4.52 Å². The van der Waals surface area contributed by atoms with Gasteiger partial charge in [-0.05, 0) is 45.4 Å². The molecule has 1 aliphatic heterocycles. The van der Waals surface area contributed by atoms with E-state index in [-0.39, 0.29) is 0 Å². The summed E-state index contributed by atoms with van der Waals surface area (Å²) in [5.74, 6) is 2.39. The summed E-state index contributed by atoms with van der Waals surface area (Å²) in [6.07, 6.45) is 3.36. The number of piperidine rings is 1. The molecule has 5 heteroatoms. The summed E-state index contributed by atoms with van der Waals surface area (Å²) in [4.78, 5) is 6.75. The van der Waals surface area contributed by atoms with Gasteiger partial charge in [0.05, 0.1) is 6.54 Å². The molecule has 1 aromatic heterocycles. The maximum absolute atomic E-state index is 5.22. The molecular formula is C12H22N4O. The van der Waals surface area contributed by atoms with Gasteiger partial charge in [0.15, 0.2) is 5.82 Å². The Morgan fingerprint density at radius 1 is 1.41 bits per heavy atom. The fourth-order valence-corrected chi connectivity index (χ4v) is 2.33. The number of aryl methyl sites for hydroxylation is 1. The second-order valence-electron chi connectivity index (χ2n) is 4.74. The van der Waals surface area contributed by atoms with Crippen LogP contribution >= 0.6 is 0 Å². The van der Waals surface area contributed by atoms with Crippen LogP contribution in [0.3, 0.4) is 0 Å². The average Bonchev–Trinajstić information content (AvgIpc) is 2.80. The zero-order chi connectivity index (χ0) is 12.1. The van der Waals surface area contributed by atoms with Crippen LogP contribution in [0.25, 0.3) is 0 Å². The summed E-state index contributed by atoms with van der Waals surface area (Å²) in [5.41, 5.74) is 0. The molecule has 0 aromatic carbocycles. The molecule has 2 heterocycles. The first-order chi connectivity index (χ1) is 8.31. The Morgan fingerprint density at radius 3 is 2.76 bits per heavy atom. The van der Waals surface area contributed by atoms with E-state index >= 15 is 0 Å². The molecule has 0 spiro atoms. The van der Waals surface area contributed by atoms with Gasteiger partial charge in [0.25, 0.3) is 0 Å². The molecule has 0 saturated carbocycles.